The Kier molecular flexibility index (Phi) is 10.3. The molecule has 0 bridgehead atoms. The van der Waals surface area contributed by atoms with E-state index < -0.39 is 0 Å². The minimum Gasteiger partial charge on any atom is -0.508 e. The molecule has 0 atom stereocenters. The molecule has 3 aliphatic rings. The Balaban J connectivity index is 0.00000118. The Morgan fingerprint density at radius 3 is 2.49 bits per heavy atom. The number of aromatic nitrogens is 2. The molecule has 0 unspecified atom stereocenters. The second kappa shape index (κ2) is 14.5. The highest BCUT2D eigenvalue weighted by molar-refractivity contribution is 5.95. The summed E-state index contributed by atoms with van der Waals surface area (Å²) in [7, 11) is 3.25. The van der Waals surface area contributed by atoms with Gasteiger partial charge in [0, 0.05) is 76.2 Å². The molecule has 4 heterocycles. The summed E-state index contributed by atoms with van der Waals surface area (Å²) in [4.78, 5) is 30.9. The molecule has 3 aliphatic heterocycles. The van der Waals surface area contributed by atoms with Crippen LogP contribution in [0.25, 0.3) is 10.8 Å². The number of anilines is 2. The van der Waals surface area contributed by atoms with Crippen LogP contribution in [0.2, 0.25) is 0 Å². The zero-order valence-electron chi connectivity index (χ0n) is 25.5. The molecule has 43 heavy (non-hydrogen) atoms. The van der Waals surface area contributed by atoms with Crippen molar-refractivity contribution in [2.75, 3.05) is 83.0 Å². The highest BCUT2D eigenvalue weighted by atomic mass is 16.5. The predicted molar refractivity (Wildman–Crippen MR) is 170 cm³/mol. The molecule has 2 aromatic carbocycles. The van der Waals surface area contributed by atoms with E-state index in [0.29, 0.717) is 45.3 Å². The Hall–Kier alpha value is -3.89. The van der Waals surface area contributed by atoms with Gasteiger partial charge >= 0.3 is 6.01 Å². The molecular weight excluding hydrogens is 544 g/mol. The fraction of sp³-hybridized carbons (Fsp3) is 0.485. The number of phenols is 1. The first-order valence-corrected chi connectivity index (χ1v) is 15.3. The first-order valence-electron chi connectivity index (χ1n) is 15.3. The lowest BCUT2D eigenvalue weighted by atomic mass is 10.0. The fourth-order valence-electron chi connectivity index (χ4n) is 6.18. The van der Waals surface area contributed by atoms with E-state index in [0.717, 1.165) is 59.5 Å². The Labute approximate surface area is 254 Å². The van der Waals surface area contributed by atoms with Crippen molar-refractivity contribution in [2.24, 2.45) is 0 Å². The van der Waals surface area contributed by atoms with Gasteiger partial charge in [0.05, 0.1) is 18.8 Å². The van der Waals surface area contributed by atoms with Gasteiger partial charge in [-0.2, -0.15) is 9.97 Å². The SMILES string of the molecule is C=CC(=O)N1CCN(c2nc(OCCCN3CCCC3)nc3c2CCN(c2cc(O)cc4ccccc24)C3)CC1.COC. The summed E-state index contributed by atoms with van der Waals surface area (Å²) >= 11 is 0. The Bertz CT molecular complexity index is 1400. The number of ether oxygens (including phenoxy) is 2. The molecular formula is C33H44N6O4. The Morgan fingerprint density at radius 2 is 1.74 bits per heavy atom. The van der Waals surface area contributed by atoms with Gasteiger partial charge in [0.2, 0.25) is 5.91 Å². The van der Waals surface area contributed by atoms with Crippen molar-refractivity contribution < 1.29 is 19.4 Å². The highest BCUT2D eigenvalue weighted by Gasteiger charge is 2.29. The molecule has 6 rings (SSSR count). The van der Waals surface area contributed by atoms with Crippen molar-refractivity contribution in [2.45, 2.75) is 32.2 Å². The van der Waals surface area contributed by atoms with E-state index in [1.807, 2.05) is 35.2 Å². The zero-order chi connectivity index (χ0) is 30.2. The normalized spacial score (nSPS) is 16.9. The molecule has 1 amide bonds. The lowest BCUT2D eigenvalue weighted by Crippen LogP contribution is -2.49. The first kappa shape index (κ1) is 30.6. The molecule has 0 radical (unpaired) electrons. The summed E-state index contributed by atoms with van der Waals surface area (Å²) in [6, 6.07) is 12.2. The van der Waals surface area contributed by atoms with Gasteiger partial charge in [0.15, 0.2) is 0 Å². The molecule has 3 aromatic rings. The molecule has 230 valence electrons. The van der Waals surface area contributed by atoms with Crippen molar-refractivity contribution in [3.8, 4) is 11.8 Å². The number of hydrogen-bond donors (Lipinski definition) is 1. The minimum absolute atomic E-state index is 0.0274. The van der Waals surface area contributed by atoms with Crippen LogP contribution in [0.3, 0.4) is 0 Å². The van der Waals surface area contributed by atoms with Crippen LogP contribution in [0.4, 0.5) is 11.5 Å². The third-order valence-corrected chi connectivity index (χ3v) is 8.30. The van der Waals surface area contributed by atoms with Gasteiger partial charge in [-0.3, -0.25) is 4.79 Å². The summed E-state index contributed by atoms with van der Waals surface area (Å²) < 4.78 is 10.4. The Morgan fingerprint density at radius 1 is 1.00 bits per heavy atom. The van der Waals surface area contributed by atoms with Crippen LogP contribution in [0, 0.1) is 0 Å². The van der Waals surface area contributed by atoms with Crippen LogP contribution in [-0.4, -0.2) is 104 Å². The number of fused-ring (bicyclic) bond motifs is 2. The van der Waals surface area contributed by atoms with Crippen molar-refractivity contribution in [3.05, 3.63) is 60.3 Å². The maximum Gasteiger partial charge on any atom is 0.318 e. The van der Waals surface area contributed by atoms with E-state index in [4.69, 9.17) is 14.7 Å². The first-order chi connectivity index (χ1) is 21.0. The number of rotatable bonds is 8. The van der Waals surface area contributed by atoms with Gasteiger partial charge in [-0.05, 0) is 56.3 Å². The average Bonchev–Trinajstić information content (AvgIpc) is 3.56. The van der Waals surface area contributed by atoms with E-state index in [-0.39, 0.29) is 11.7 Å². The second-order valence-electron chi connectivity index (χ2n) is 11.3. The molecule has 2 fully saturated rings. The van der Waals surface area contributed by atoms with E-state index in [1.165, 1.54) is 32.0 Å². The summed E-state index contributed by atoms with van der Waals surface area (Å²) in [6.07, 6.45) is 5.69. The van der Waals surface area contributed by atoms with Crippen LogP contribution < -0.4 is 14.5 Å². The number of benzene rings is 2. The molecule has 1 N–H and O–H groups in total. The number of piperazine rings is 1. The highest BCUT2D eigenvalue weighted by Crippen LogP contribution is 2.36. The monoisotopic (exact) mass is 588 g/mol. The van der Waals surface area contributed by atoms with E-state index in [1.54, 1.807) is 14.2 Å². The van der Waals surface area contributed by atoms with Crippen molar-refractivity contribution >= 4 is 28.2 Å². The quantitative estimate of drug-likeness (QED) is 0.311. The predicted octanol–water partition coefficient (Wildman–Crippen LogP) is 3.86. The summed E-state index contributed by atoms with van der Waals surface area (Å²) in [5.74, 6) is 1.16. The maximum atomic E-state index is 12.1. The smallest absolute Gasteiger partial charge is 0.318 e. The van der Waals surface area contributed by atoms with Crippen molar-refractivity contribution in [3.63, 3.8) is 0 Å². The third kappa shape index (κ3) is 7.37. The van der Waals surface area contributed by atoms with Crippen LogP contribution in [0.15, 0.2) is 49.1 Å². The largest absolute Gasteiger partial charge is 0.508 e. The minimum atomic E-state index is -0.0274. The number of hydrogen-bond acceptors (Lipinski definition) is 9. The van der Waals surface area contributed by atoms with Crippen molar-refractivity contribution in [1.29, 1.82) is 0 Å². The summed E-state index contributed by atoms with van der Waals surface area (Å²) in [5, 5.41) is 12.6. The van der Waals surface area contributed by atoms with Gasteiger partial charge in [-0.1, -0.05) is 30.8 Å². The fourth-order valence-corrected chi connectivity index (χ4v) is 6.18. The molecule has 1 aromatic heterocycles. The molecule has 0 spiro atoms. The van der Waals surface area contributed by atoms with Gasteiger partial charge in [-0.15, -0.1) is 0 Å². The third-order valence-electron chi connectivity index (χ3n) is 8.30. The number of carbonyl (C=O) groups is 1. The topological polar surface area (TPSA) is 94.5 Å². The lowest BCUT2D eigenvalue weighted by Gasteiger charge is -2.38. The molecule has 0 saturated carbocycles. The van der Waals surface area contributed by atoms with Gasteiger partial charge < -0.3 is 34.2 Å². The van der Waals surface area contributed by atoms with Gasteiger partial charge in [0.25, 0.3) is 0 Å². The number of amides is 1. The van der Waals surface area contributed by atoms with Crippen LogP contribution in [0.5, 0.6) is 11.8 Å². The van der Waals surface area contributed by atoms with Crippen LogP contribution >= 0.6 is 0 Å². The number of nitrogens with zero attached hydrogens (tertiary/aromatic N) is 6. The standard InChI is InChI=1S/C31H38N6O3.C2H6O/c1-2-29(39)35-15-17-36(18-16-35)30-26-10-14-37(28-21-24(38)20-23-8-3-4-9-25(23)28)22-27(26)32-31(33-30)40-19-7-13-34-11-5-6-12-34;1-3-2/h2-4,8-9,20-21,38H,1,5-7,10-19,22H2;1-2H3. The number of carbonyl (C=O) groups excluding carboxylic acids is 1. The van der Waals surface area contributed by atoms with E-state index in [2.05, 4.69) is 32.1 Å². The lowest BCUT2D eigenvalue weighted by molar-refractivity contribution is -0.126. The van der Waals surface area contributed by atoms with E-state index in [9.17, 15) is 9.90 Å². The second-order valence-corrected chi connectivity index (χ2v) is 11.3. The van der Waals surface area contributed by atoms with E-state index >= 15 is 0 Å². The molecule has 0 aliphatic carbocycles. The molecule has 2 saturated heterocycles. The number of phenolic OH excluding ortho intramolecular Hbond substituents is 1. The maximum absolute atomic E-state index is 12.1. The number of methoxy groups -OCH3 is 1. The molecule has 10 nitrogen and oxygen atoms in total. The molecule has 10 heteroatoms. The van der Waals surface area contributed by atoms with Gasteiger partial charge in [0.1, 0.15) is 11.6 Å². The number of aromatic hydroxyl groups is 1. The zero-order valence-corrected chi connectivity index (χ0v) is 25.5. The van der Waals surface area contributed by atoms with Crippen molar-refractivity contribution in [1.82, 2.24) is 19.8 Å². The summed E-state index contributed by atoms with van der Waals surface area (Å²) in [5.41, 5.74) is 3.11. The average molecular weight is 589 g/mol. The van der Waals surface area contributed by atoms with Crippen LogP contribution in [-0.2, 0) is 22.5 Å². The summed E-state index contributed by atoms with van der Waals surface area (Å²) in [6.45, 7) is 11.7. The number of likely N-dealkylation sites (tertiary alicyclic amines) is 1. The van der Waals surface area contributed by atoms with Gasteiger partial charge in [-0.25, -0.2) is 0 Å². The van der Waals surface area contributed by atoms with Crippen LogP contribution in [0.1, 0.15) is 30.5 Å².